The first-order valence-electron chi connectivity index (χ1n) is 6.67. The quantitative estimate of drug-likeness (QED) is 0.677. The summed E-state index contributed by atoms with van der Waals surface area (Å²) in [5.74, 6) is -0.248. The molecular formula is C16H14BrClFNO. The molecule has 0 aliphatic heterocycles. The van der Waals surface area contributed by atoms with Crippen LogP contribution in [0.5, 0.6) is 0 Å². The monoisotopic (exact) mass is 369 g/mol. The van der Waals surface area contributed by atoms with Crippen LogP contribution in [0, 0.1) is 11.2 Å². The molecule has 0 spiro atoms. The van der Waals surface area contributed by atoms with Crippen molar-refractivity contribution in [2.75, 3.05) is 0 Å². The van der Waals surface area contributed by atoms with Crippen molar-refractivity contribution < 1.29 is 9.18 Å². The summed E-state index contributed by atoms with van der Waals surface area (Å²) in [5.41, 5.74) is 2.26. The van der Waals surface area contributed by atoms with E-state index in [0.717, 1.165) is 17.7 Å². The van der Waals surface area contributed by atoms with Crippen LogP contribution in [0.1, 0.15) is 36.3 Å². The van der Waals surface area contributed by atoms with Crippen molar-refractivity contribution in [2.45, 2.75) is 26.7 Å². The minimum Gasteiger partial charge on any atom is -0.318 e. The summed E-state index contributed by atoms with van der Waals surface area (Å²) in [7, 11) is 0. The summed E-state index contributed by atoms with van der Waals surface area (Å²) in [6.07, 6.45) is 3.15. The fourth-order valence-electron chi connectivity index (χ4n) is 2.92. The molecule has 1 aliphatic rings. The van der Waals surface area contributed by atoms with Crippen molar-refractivity contribution in [3.8, 4) is 5.69 Å². The zero-order valence-corrected chi connectivity index (χ0v) is 14.1. The molecule has 3 rings (SSSR count). The molecule has 0 saturated carbocycles. The van der Waals surface area contributed by atoms with Gasteiger partial charge in [0.15, 0.2) is 5.78 Å². The lowest BCUT2D eigenvalue weighted by atomic mass is 9.76. The SMILES string of the molecule is CC1(C)CC(=O)c2ccn(-c3c(Cl)cc(F)cc3Br)c2C1. The van der Waals surface area contributed by atoms with Gasteiger partial charge < -0.3 is 4.57 Å². The van der Waals surface area contributed by atoms with Gasteiger partial charge in [0.1, 0.15) is 5.82 Å². The highest BCUT2D eigenvalue weighted by Crippen LogP contribution is 2.39. The van der Waals surface area contributed by atoms with E-state index in [0.29, 0.717) is 21.6 Å². The van der Waals surface area contributed by atoms with Crippen molar-refractivity contribution >= 4 is 33.3 Å². The molecule has 110 valence electrons. The summed E-state index contributed by atoms with van der Waals surface area (Å²) >= 11 is 9.56. The highest BCUT2D eigenvalue weighted by Gasteiger charge is 2.33. The van der Waals surface area contributed by atoms with Gasteiger partial charge in [-0.15, -0.1) is 0 Å². The largest absolute Gasteiger partial charge is 0.318 e. The number of ketones is 1. The van der Waals surface area contributed by atoms with Crippen molar-refractivity contribution in [3.63, 3.8) is 0 Å². The maximum Gasteiger partial charge on any atom is 0.165 e. The number of hydrogen-bond acceptors (Lipinski definition) is 1. The topological polar surface area (TPSA) is 22.0 Å². The first-order chi connectivity index (χ1) is 9.78. The number of rotatable bonds is 1. The summed E-state index contributed by atoms with van der Waals surface area (Å²) in [6, 6.07) is 4.48. The van der Waals surface area contributed by atoms with Gasteiger partial charge in [-0.05, 0) is 46.0 Å². The predicted octanol–water partition coefficient (Wildman–Crippen LogP) is 5.19. The summed E-state index contributed by atoms with van der Waals surface area (Å²) in [6.45, 7) is 4.15. The normalized spacial score (nSPS) is 16.9. The number of hydrogen-bond donors (Lipinski definition) is 0. The van der Waals surface area contributed by atoms with Gasteiger partial charge >= 0.3 is 0 Å². The number of carbonyl (C=O) groups is 1. The number of halogens is 3. The van der Waals surface area contributed by atoms with Gasteiger partial charge in [0, 0.05) is 28.3 Å². The summed E-state index contributed by atoms with van der Waals surface area (Å²) in [4.78, 5) is 12.3. The fraction of sp³-hybridized carbons (Fsp3) is 0.312. The summed E-state index contributed by atoms with van der Waals surface area (Å²) < 4.78 is 15.9. The minimum absolute atomic E-state index is 0.0842. The van der Waals surface area contributed by atoms with Crippen LogP contribution in [0.2, 0.25) is 5.02 Å². The van der Waals surface area contributed by atoms with E-state index in [1.165, 1.54) is 12.1 Å². The lowest BCUT2D eigenvalue weighted by Gasteiger charge is -2.30. The first kappa shape index (κ1) is 14.8. The van der Waals surface area contributed by atoms with Crippen LogP contribution in [-0.4, -0.2) is 10.4 Å². The standard InChI is InChI=1S/C16H14BrClFNO/c1-16(2)7-13-10(14(21)8-16)3-4-20(13)15-11(17)5-9(19)6-12(15)18/h3-6H,7-8H2,1-2H3. The first-order valence-corrected chi connectivity index (χ1v) is 7.84. The number of nitrogens with zero attached hydrogens (tertiary/aromatic N) is 1. The third-order valence-corrected chi connectivity index (χ3v) is 4.69. The molecule has 5 heteroatoms. The molecule has 0 atom stereocenters. The van der Waals surface area contributed by atoms with Gasteiger partial charge in [-0.2, -0.15) is 0 Å². The molecule has 1 aromatic heterocycles. The average molecular weight is 371 g/mol. The second-order valence-corrected chi connectivity index (χ2v) is 7.47. The Labute approximate surface area is 136 Å². The number of carbonyl (C=O) groups excluding carboxylic acids is 1. The van der Waals surface area contributed by atoms with E-state index in [1.807, 2.05) is 16.8 Å². The maximum absolute atomic E-state index is 13.4. The van der Waals surface area contributed by atoms with Crippen molar-refractivity contribution in [1.82, 2.24) is 4.57 Å². The van der Waals surface area contributed by atoms with Crippen molar-refractivity contribution in [1.29, 1.82) is 0 Å². The Morgan fingerprint density at radius 1 is 1.33 bits per heavy atom. The highest BCUT2D eigenvalue weighted by atomic mass is 79.9. The number of fused-ring (bicyclic) bond motifs is 1. The van der Waals surface area contributed by atoms with Crippen LogP contribution in [0.15, 0.2) is 28.9 Å². The van der Waals surface area contributed by atoms with Crippen LogP contribution < -0.4 is 0 Å². The van der Waals surface area contributed by atoms with Crippen LogP contribution >= 0.6 is 27.5 Å². The second kappa shape index (κ2) is 4.96. The van der Waals surface area contributed by atoms with Crippen molar-refractivity contribution in [2.24, 2.45) is 5.41 Å². The molecular weight excluding hydrogens is 357 g/mol. The number of benzene rings is 1. The molecule has 2 aromatic rings. The Balaban J connectivity index is 2.21. The Bertz CT molecular complexity index is 728. The van der Waals surface area contributed by atoms with E-state index >= 15 is 0 Å². The van der Waals surface area contributed by atoms with Gasteiger partial charge in [0.2, 0.25) is 0 Å². The van der Waals surface area contributed by atoms with E-state index in [-0.39, 0.29) is 11.2 Å². The molecule has 0 bridgehead atoms. The van der Waals surface area contributed by atoms with Gasteiger partial charge in [0.25, 0.3) is 0 Å². The van der Waals surface area contributed by atoms with Gasteiger partial charge in [0.05, 0.1) is 10.7 Å². The smallest absolute Gasteiger partial charge is 0.165 e. The third kappa shape index (κ3) is 2.55. The molecule has 0 amide bonds. The van der Waals surface area contributed by atoms with E-state index in [2.05, 4.69) is 29.8 Å². The third-order valence-electron chi connectivity index (χ3n) is 3.80. The molecule has 1 heterocycles. The number of aromatic nitrogens is 1. The Morgan fingerprint density at radius 3 is 2.71 bits per heavy atom. The fourth-order valence-corrected chi connectivity index (χ4v) is 3.95. The Hall–Kier alpha value is -1.13. The molecule has 1 aromatic carbocycles. The van der Waals surface area contributed by atoms with Crippen molar-refractivity contribution in [3.05, 3.63) is 51.0 Å². The van der Waals surface area contributed by atoms with Gasteiger partial charge in [-0.1, -0.05) is 25.4 Å². The predicted molar refractivity (Wildman–Crippen MR) is 84.9 cm³/mol. The van der Waals surface area contributed by atoms with Gasteiger partial charge in [-0.3, -0.25) is 4.79 Å². The minimum atomic E-state index is -0.395. The zero-order chi connectivity index (χ0) is 15.4. The lowest BCUT2D eigenvalue weighted by molar-refractivity contribution is 0.0911. The lowest BCUT2D eigenvalue weighted by Crippen LogP contribution is -2.27. The van der Waals surface area contributed by atoms with E-state index in [9.17, 15) is 9.18 Å². The molecule has 0 N–H and O–H groups in total. The molecule has 21 heavy (non-hydrogen) atoms. The Morgan fingerprint density at radius 2 is 2.05 bits per heavy atom. The van der Waals surface area contributed by atoms with E-state index in [4.69, 9.17) is 11.6 Å². The van der Waals surface area contributed by atoms with Crippen LogP contribution in [0.3, 0.4) is 0 Å². The highest BCUT2D eigenvalue weighted by molar-refractivity contribution is 9.10. The zero-order valence-electron chi connectivity index (χ0n) is 11.7. The summed E-state index contributed by atoms with van der Waals surface area (Å²) in [5, 5.41) is 0.316. The van der Waals surface area contributed by atoms with Gasteiger partial charge in [-0.25, -0.2) is 4.39 Å². The van der Waals surface area contributed by atoms with Crippen LogP contribution in [0.4, 0.5) is 4.39 Å². The molecule has 0 unspecified atom stereocenters. The molecule has 0 saturated heterocycles. The number of Topliss-reactive ketones (excluding diaryl/α,β-unsaturated/α-hetero) is 1. The molecule has 0 fully saturated rings. The maximum atomic E-state index is 13.4. The molecule has 2 nitrogen and oxygen atoms in total. The van der Waals surface area contributed by atoms with Crippen LogP contribution in [-0.2, 0) is 6.42 Å². The second-order valence-electron chi connectivity index (χ2n) is 6.21. The van der Waals surface area contributed by atoms with E-state index in [1.54, 1.807) is 0 Å². The average Bonchev–Trinajstić information content (AvgIpc) is 2.70. The molecule has 0 radical (unpaired) electrons. The van der Waals surface area contributed by atoms with Crippen LogP contribution in [0.25, 0.3) is 5.69 Å². The van der Waals surface area contributed by atoms with E-state index < -0.39 is 5.82 Å². The molecule has 1 aliphatic carbocycles. The Kier molecular flexibility index (Phi) is 3.49.